The fourth-order valence-corrected chi connectivity index (χ4v) is 2.73. The third kappa shape index (κ3) is 10.2. The van der Waals surface area contributed by atoms with Crippen molar-refractivity contribution in [1.29, 1.82) is 0 Å². The molecule has 29 heavy (non-hydrogen) atoms. The first-order valence-electron chi connectivity index (χ1n) is 10.3. The predicted octanol–water partition coefficient (Wildman–Crippen LogP) is 6.94. The first-order valence-corrected chi connectivity index (χ1v) is 10.3. The third-order valence-electron chi connectivity index (χ3n) is 4.34. The summed E-state index contributed by atoms with van der Waals surface area (Å²) < 4.78 is 10.7. The molecule has 0 bridgehead atoms. The van der Waals surface area contributed by atoms with Crippen LogP contribution < -0.4 is 4.74 Å². The number of unbranched alkanes of at least 4 members (excludes halogenated alkanes) is 6. The summed E-state index contributed by atoms with van der Waals surface area (Å²) in [6.45, 7) is 4.59. The number of ether oxygens (including phenoxy) is 2. The van der Waals surface area contributed by atoms with Crippen LogP contribution in [0.5, 0.6) is 5.75 Å². The van der Waals surface area contributed by atoms with Crippen LogP contribution in [-0.4, -0.2) is 19.2 Å². The molecular weight excluding hydrogens is 364 g/mol. The Bertz CT molecular complexity index is 742. The summed E-state index contributed by atoms with van der Waals surface area (Å²) in [7, 11) is 0. The zero-order valence-electron chi connectivity index (χ0n) is 17.0. The Morgan fingerprint density at radius 1 is 0.759 bits per heavy atom. The molecule has 0 atom stereocenters. The standard InChI is InChI=1S/C24H30N2O3/c1-2-24(27)29-20-12-7-5-3-4-6-11-19-28-23-17-15-22(16-18-23)26-25-21-13-9-8-10-14-21/h2,8-10,13-18H,1,3-7,11-12,19-20H2. The van der Waals surface area contributed by atoms with Crippen LogP contribution in [0.3, 0.4) is 0 Å². The van der Waals surface area contributed by atoms with Gasteiger partial charge in [0.15, 0.2) is 0 Å². The van der Waals surface area contributed by atoms with E-state index < -0.39 is 0 Å². The number of carbonyl (C=O) groups is 1. The fourth-order valence-electron chi connectivity index (χ4n) is 2.73. The molecule has 0 radical (unpaired) electrons. The molecule has 154 valence electrons. The number of hydrogen-bond acceptors (Lipinski definition) is 5. The van der Waals surface area contributed by atoms with E-state index in [4.69, 9.17) is 9.47 Å². The van der Waals surface area contributed by atoms with Crippen LogP contribution in [0.4, 0.5) is 11.4 Å². The van der Waals surface area contributed by atoms with Gasteiger partial charge in [-0.1, -0.05) is 56.9 Å². The summed E-state index contributed by atoms with van der Waals surface area (Å²) in [6, 6.07) is 17.4. The lowest BCUT2D eigenvalue weighted by Crippen LogP contribution is -2.01. The molecule has 2 aromatic rings. The van der Waals surface area contributed by atoms with Gasteiger partial charge < -0.3 is 9.47 Å². The van der Waals surface area contributed by atoms with E-state index in [9.17, 15) is 4.79 Å². The Labute approximate surface area is 173 Å². The maximum absolute atomic E-state index is 10.9. The highest BCUT2D eigenvalue weighted by atomic mass is 16.5. The predicted molar refractivity (Wildman–Crippen MR) is 116 cm³/mol. The molecule has 5 nitrogen and oxygen atoms in total. The Balaban J connectivity index is 1.49. The smallest absolute Gasteiger partial charge is 0.330 e. The van der Waals surface area contributed by atoms with Gasteiger partial charge in [-0.2, -0.15) is 10.2 Å². The summed E-state index contributed by atoms with van der Waals surface area (Å²) in [5.74, 6) is 0.522. The van der Waals surface area contributed by atoms with Gasteiger partial charge in [0.1, 0.15) is 5.75 Å². The van der Waals surface area contributed by atoms with E-state index in [1.54, 1.807) is 0 Å². The van der Waals surface area contributed by atoms with Crippen molar-refractivity contribution < 1.29 is 14.3 Å². The molecule has 0 unspecified atom stereocenters. The number of benzene rings is 2. The van der Waals surface area contributed by atoms with Crippen molar-refractivity contribution in [3.63, 3.8) is 0 Å². The van der Waals surface area contributed by atoms with E-state index in [1.807, 2.05) is 54.6 Å². The Morgan fingerprint density at radius 3 is 1.93 bits per heavy atom. The molecule has 0 heterocycles. The summed E-state index contributed by atoms with van der Waals surface area (Å²) in [5, 5.41) is 8.43. The van der Waals surface area contributed by atoms with Crippen molar-refractivity contribution in [2.24, 2.45) is 10.2 Å². The topological polar surface area (TPSA) is 60.2 Å². The van der Waals surface area contributed by atoms with Crippen LogP contribution in [0, 0.1) is 0 Å². The van der Waals surface area contributed by atoms with Crippen molar-refractivity contribution >= 4 is 17.3 Å². The van der Waals surface area contributed by atoms with Crippen molar-refractivity contribution in [3.05, 3.63) is 67.3 Å². The first kappa shape index (κ1) is 22.3. The minimum Gasteiger partial charge on any atom is -0.494 e. The Kier molecular flexibility index (Phi) is 10.9. The van der Waals surface area contributed by atoms with E-state index in [-0.39, 0.29) is 5.97 Å². The SMILES string of the molecule is C=CC(=O)OCCCCCCCCCOc1ccc(N=Nc2ccccc2)cc1. The minimum atomic E-state index is -0.337. The van der Waals surface area contributed by atoms with E-state index in [0.717, 1.165) is 49.4 Å². The molecule has 2 aromatic carbocycles. The van der Waals surface area contributed by atoms with E-state index in [2.05, 4.69) is 16.8 Å². The highest BCUT2D eigenvalue weighted by molar-refractivity contribution is 5.81. The lowest BCUT2D eigenvalue weighted by atomic mass is 10.1. The van der Waals surface area contributed by atoms with E-state index in [1.165, 1.54) is 25.3 Å². The van der Waals surface area contributed by atoms with Crippen molar-refractivity contribution in [1.82, 2.24) is 0 Å². The number of rotatable bonds is 14. The van der Waals surface area contributed by atoms with E-state index in [0.29, 0.717) is 6.61 Å². The average molecular weight is 395 g/mol. The van der Waals surface area contributed by atoms with Gasteiger partial charge in [0, 0.05) is 6.08 Å². The number of hydrogen-bond donors (Lipinski definition) is 0. The zero-order chi connectivity index (χ0) is 20.6. The lowest BCUT2D eigenvalue weighted by Gasteiger charge is -2.06. The fraction of sp³-hybridized carbons (Fsp3) is 0.375. The number of esters is 1. The quantitative estimate of drug-likeness (QED) is 0.151. The molecule has 0 aromatic heterocycles. The van der Waals surface area contributed by atoms with Crippen LogP contribution in [0.1, 0.15) is 44.9 Å². The molecule has 0 saturated heterocycles. The van der Waals surface area contributed by atoms with Crippen LogP contribution in [0.25, 0.3) is 0 Å². The summed E-state index contributed by atoms with van der Waals surface area (Å²) in [4.78, 5) is 10.9. The van der Waals surface area contributed by atoms with Crippen molar-refractivity contribution in [2.75, 3.05) is 13.2 Å². The van der Waals surface area contributed by atoms with Crippen LogP contribution in [0.15, 0.2) is 77.5 Å². The summed E-state index contributed by atoms with van der Waals surface area (Å²) >= 11 is 0. The third-order valence-corrected chi connectivity index (χ3v) is 4.34. The van der Waals surface area contributed by atoms with Crippen LogP contribution in [0.2, 0.25) is 0 Å². The average Bonchev–Trinajstić information content (AvgIpc) is 2.77. The molecule has 0 aliphatic rings. The second-order valence-electron chi connectivity index (χ2n) is 6.72. The van der Waals surface area contributed by atoms with Crippen LogP contribution in [-0.2, 0) is 9.53 Å². The second-order valence-corrected chi connectivity index (χ2v) is 6.72. The zero-order valence-corrected chi connectivity index (χ0v) is 17.0. The van der Waals surface area contributed by atoms with Gasteiger partial charge in [0.05, 0.1) is 24.6 Å². The first-order chi connectivity index (χ1) is 14.3. The van der Waals surface area contributed by atoms with Gasteiger partial charge in [0.2, 0.25) is 0 Å². The molecule has 0 fully saturated rings. The second kappa shape index (κ2) is 14.1. The van der Waals surface area contributed by atoms with E-state index >= 15 is 0 Å². The highest BCUT2D eigenvalue weighted by Gasteiger charge is 1.98. The maximum Gasteiger partial charge on any atom is 0.330 e. The van der Waals surface area contributed by atoms with Gasteiger partial charge in [-0.25, -0.2) is 4.79 Å². The highest BCUT2D eigenvalue weighted by Crippen LogP contribution is 2.21. The molecule has 5 heteroatoms. The molecule has 2 rings (SSSR count). The van der Waals surface area contributed by atoms with Gasteiger partial charge in [-0.15, -0.1) is 0 Å². The Hall–Kier alpha value is -2.95. The molecule has 0 aliphatic carbocycles. The monoisotopic (exact) mass is 394 g/mol. The number of azo groups is 1. The number of carbonyl (C=O) groups excluding carboxylic acids is 1. The Morgan fingerprint density at radius 2 is 1.31 bits per heavy atom. The van der Waals surface area contributed by atoms with Crippen LogP contribution >= 0.6 is 0 Å². The summed E-state index contributed by atoms with van der Waals surface area (Å²) in [6.07, 6.45) is 9.00. The molecule has 0 amide bonds. The van der Waals surface area contributed by atoms with Gasteiger partial charge >= 0.3 is 5.97 Å². The molecular formula is C24H30N2O3. The molecule has 0 aliphatic heterocycles. The normalized spacial score (nSPS) is 10.8. The molecule has 0 spiro atoms. The molecule has 0 saturated carbocycles. The van der Waals surface area contributed by atoms with Gasteiger partial charge in [-0.3, -0.25) is 0 Å². The lowest BCUT2D eigenvalue weighted by molar-refractivity contribution is -0.137. The van der Waals surface area contributed by atoms with Gasteiger partial charge in [0.25, 0.3) is 0 Å². The molecule has 0 N–H and O–H groups in total. The summed E-state index contributed by atoms with van der Waals surface area (Å²) in [5.41, 5.74) is 1.64. The van der Waals surface area contributed by atoms with Crippen molar-refractivity contribution in [3.8, 4) is 5.75 Å². The maximum atomic E-state index is 10.9. The minimum absolute atomic E-state index is 0.337. The number of nitrogens with zero attached hydrogens (tertiary/aromatic N) is 2. The van der Waals surface area contributed by atoms with Crippen molar-refractivity contribution in [2.45, 2.75) is 44.9 Å². The van der Waals surface area contributed by atoms with Gasteiger partial charge in [-0.05, 0) is 49.2 Å². The largest absolute Gasteiger partial charge is 0.494 e.